The highest BCUT2D eigenvalue weighted by Gasteiger charge is 2.32. The van der Waals surface area contributed by atoms with Crippen molar-refractivity contribution in [2.45, 2.75) is 25.8 Å². The fourth-order valence-corrected chi connectivity index (χ4v) is 1.91. The van der Waals surface area contributed by atoms with E-state index in [1.807, 2.05) is 6.08 Å². The first kappa shape index (κ1) is 14.0. The Bertz CT molecular complexity index is 254. The molecule has 0 aromatic heterocycles. The maximum Gasteiger partial charge on any atom is 0.191 e. The minimum atomic E-state index is 0.578. The molecule has 1 aliphatic carbocycles. The summed E-state index contributed by atoms with van der Waals surface area (Å²) in [6.07, 6.45) is 4.56. The van der Waals surface area contributed by atoms with Crippen LogP contribution in [-0.2, 0) is 0 Å². The van der Waals surface area contributed by atoms with Crippen LogP contribution in [0.1, 0.15) is 19.8 Å². The van der Waals surface area contributed by atoms with E-state index in [1.165, 1.54) is 12.8 Å². The smallest absolute Gasteiger partial charge is 0.191 e. The Labute approximate surface area is 105 Å². The van der Waals surface area contributed by atoms with Gasteiger partial charge in [-0.2, -0.15) is 0 Å². The average Bonchev–Trinajstić information content (AvgIpc) is 3.09. The maximum absolute atomic E-state index is 4.64. The van der Waals surface area contributed by atoms with Gasteiger partial charge >= 0.3 is 0 Å². The Morgan fingerprint density at radius 2 is 2.18 bits per heavy atom. The van der Waals surface area contributed by atoms with Crippen LogP contribution in [0.5, 0.6) is 0 Å². The van der Waals surface area contributed by atoms with Crippen molar-refractivity contribution in [1.82, 2.24) is 15.5 Å². The number of aliphatic imine (C=N–C) groups is 1. The zero-order valence-corrected chi connectivity index (χ0v) is 11.4. The molecule has 4 heteroatoms. The zero-order chi connectivity index (χ0) is 12.7. The van der Waals surface area contributed by atoms with Gasteiger partial charge in [0.2, 0.25) is 0 Å². The van der Waals surface area contributed by atoms with Gasteiger partial charge in [-0.25, -0.2) is 0 Å². The monoisotopic (exact) mass is 238 g/mol. The highest BCUT2D eigenvalue weighted by molar-refractivity contribution is 5.79. The Morgan fingerprint density at radius 3 is 2.65 bits per heavy atom. The summed E-state index contributed by atoms with van der Waals surface area (Å²) in [5.41, 5.74) is 0. The lowest BCUT2D eigenvalue weighted by atomic mass is 10.2. The number of hydrogen-bond donors (Lipinski definition) is 2. The number of hydrogen-bond acceptors (Lipinski definition) is 2. The molecule has 0 saturated heterocycles. The highest BCUT2D eigenvalue weighted by atomic mass is 15.2. The number of rotatable bonds is 7. The quantitative estimate of drug-likeness (QED) is 0.396. The minimum Gasteiger partial charge on any atom is -0.357 e. The first-order valence-electron chi connectivity index (χ1n) is 6.48. The molecule has 0 amide bonds. The van der Waals surface area contributed by atoms with Crippen LogP contribution >= 0.6 is 0 Å². The molecule has 1 aliphatic rings. The van der Waals surface area contributed by atoms with Crippen molar-refractivity contribution in [3.05, 3.63) is 12.7 Å². The summed E-state index contributed by atoms with van der Waals surface area (Å²) in [6, 6.07) is 0.578. The zero-order valence-electron chi connectivity index (χ0n) is 11.4. The van der Waals surface area contributed by atoms with Gasteiger partial charge in [0.25, 0.3) is 0 Å². The van der Waals surface area contributed by atoms with E-state index in [1.54, 1.807) is 0 Å². The molecule has 98 valence electrons. The molecule has 0 bridgehead atoms. The van der Waals surface area contributed by atoms with E-state index >= 15 is 0 Å². The Kier molecular flexibility index (Phi) is 6.05. The van der Waals surface area contributed by atoms with Gasteiger partial charge in [0.15, 0.2) is 5.96 Å². The summed E-state index contributed by atoms with van der Waals surface area (Å²) in [4.78, 5) is 6.93. The maximum atomic E-state index is 4.64. The second-order valence-electron chi connectivity index (χ2n) is 4.76. The van der Waals surface area contributed by atoms with Crippen LogP contribution in [0.2, 0.25) is 0 Å². The largest absolute Gasteiger partial charge is 0.357 e. The molecule has 1 unspecified atom stereocenters. The van der Waals surface area contributed by atoms with Crippen molar-refractivity contribution >= 4 is 5.96 Å². The van der Waals surface area contributed by atoms with Gasteiger partial charge < -0.3 is 15.5 Å². The molecule has 0 aromatic carbocycles. The van der Waals surface area contributed by atoms with Crippen molar-refractivity contribution in [2.24, 2.45) is 10.9 Å². The van der Waals surface area contributed by atoms with Crippen molar-refractivity contribution in [3.63, 3.8) is 0 Å². The van der Waals surface area contributed by atoms with Crippen LogP contribution < -0.4 is 10.6 Å². The van der Waals surface area contributed by atoms with E-state index in [4.69, 9.17) is 0 Å². The normalized spacial score (nSPS) is 18.0. The lowest BCUT2D eigenvalue weighted by molar-refractivity contribution is 0.271. The summed E-state index contributed by atoms with van der Waals surface area (Å²) >= 11 is 0. The van der Waals surface area contributed by atoms with E-state index in [-0.39, 0.29) is 0 Å². The van der Waals surface area contributed by atoms with Gasteiger partial charge in [0, 0.05) is 19.1 Å². The van der Waals surface area contributed by atoms with Gasteiger partial charge in [-0.1, -0.05) is 6.08 Å². The molecule has 0 aliphatic heterocycles. The van der Waals surface area contributed by atoms with Gasteiger partial charge in [0.1, 0.15) is 0 Å². The van der Waals surface area contributed by atoms with Crippen LogP contribution in [0.25, 0.3) is 0 Å². The highest BCUT2D eigenvalue weighted by Crippen LogP contribution is 2.34. The van der Waals surface area contributed by atoms with Crippen LogP contribution in [-0.4, -0.2) is 50.6 Å². The van der Waals surface area contributed by atoms with Gasteiger partial charge in [0.05, 0.1) is 6.54 Å². The van der Waals surface area contributed by atoms with Crippen LogP contribution in [0.15, 0.2) is 17.6 Å². The van der Waals surface area contributed by atoms with Crippen LogP contribution in [0, 0.1) is 5.92 Å². The van der Waals surface area contributed by atoms with E-state index in [0.717, 1.165) is 31.5 Å². The molecule has 2 N–H and O–H groups in total. The Morgan fingerprint density at radius 1 is 1.47 bits per heavy atom. The number of nitrogens with zero attached hydrogens (tertiary/aromatic N) is 2. The average molecular weight is 238 g/mol. The third-order valence-corrected chi connectivity index (χ3v) is 3.02. The molecular formula is C13H26N4. The van der Waals surface area contributed by atoms with E-state index < -0.39 is 0 Å². The molecule has 0 heterocycles. The van der Waals surface area contributed by atoms with Gasteiger partial charge in [-0.3, -0.25) is 4.99 Å². The topological polar surface area (TPSA) is 39.7 Å². The number of nitrogens with one attached hydrogen (secondary N) is 2. The van der Waals surface area contributed by atoms with Crippen LogP contribution in [0.3, 0.4) is 0 Å². The lowest BCUT2D eigenvalue weighted by Gasteiger charge is -2.22. The van der Waals surface area contributed by atoms with E-state index in [2.05, 4.69) is 48.1 Å². The molecule has 1 saturated carbocycles. The number of likely N-dealkylation sites (N-methyl/N-ethyl adjacent to an activating group) is 1. The SMILES string of the molecule is C=CCNC(=NCC(C1CC1)N(C)C)NCC. The van der Waals surface area contributed by atoms with Gasteiger partial charge in [-0.05, 0) is 39.8 Å². The van der Waals surface area contributed by atoms with E-state index in [9.17, 15) is 0 Å². The third-order valence-electron chi connectivity index (χ3n) is 3.02. The standard InChI is InChI=1S/C13H26N4/c1-5-9-15-13(14-6-2)16-10-12(17(3)4)11-7-8-11/h5,11-12H,1,6-10H2,2-4H3,(H2,14,15,16). The molecular weight excluding hydrogens is 212 g/mol. The van der Waals surface area contributed by atoms with Crippen molar-refractivity contribution < 1.29 is 0 Å². The predicted molar refractivity (Wildman–Crippen MR) is 74.4 cm³/mol. The van der Waals surface area contributed by atoms with Crippen LogP contribution in [0.4, 0.5) is 0 Å². The molecule has 1 atom stereocenters. The first-order valence-corrected chi connectivity index (χ1v) is 6.48. The fourth-order valence-electron chi connectivity index (χ4n) is 1.91. The fraction of sp³-hybridized carbons (Fsp3) is 0.769. The molecule has 1 rings (SSSR count). The third kappa shape index (κ3) is 5.22. The Hall–Kier alpha value is -1.03. The predicted octanol–water partition coefficient (Wildman–Crippen LogP) is 1.07. The molecule has 4 nitrogen and oxygen atoms in total. The summed E-state index contributed by atoms with van der Waals surface area (Å²) in [5, 5.41) is 6.47. The summed E-state index contributed by atoms with van der Waals surface area (Å²) in [6.45, 7) is 8.28. The second kappa shape index (κ2) is 7.33. The Balaban J connectivity index is 2.46. The minimum absolute atomic E-state index is 0.578. The molecule has 0 aromatic rings. The lowest BCUT2D eigenvalue weighted by Crippen LogP contribution is -2.39. The summed E-state index contributed by atoms with van der Waals surface area (Å²) in [5.74, 6) is 1.73. The number of guanidine groups is 1. The molecule has 17 heavy (non-hydrogen) atoms. The molecule has 0 spiro atoms. The van der Waals surface area contributed by atoms with Crippen molar-refractivity contribution in [3.8, 4) is 0 Å². The summed E-state index contributed by atoms with van der Waals surface area (Å²) < 4.78 is 0. The summed E-state index contributed by atoms with van der Waals surface area (Å²) in [7, 11) is 4.28. The van der Waals surface area contributed by atoms with Gasteiger partial charge in [-0.15, -0.1) is 6.58 Å². The van der Waals surface area contributed by atoms with Crippen molar-refractivity contribution in [2.75, 3.05) is 33.7 Å². The van der Waals surface area contributed by atoms with E-state index in [0.29, 0.717) is 6.04 Å². The second-order valence-corrected chi connectivity index (χ2v) is 4.76. The molecule has 1 fully saturated rings. The van der Waals surface area contributed by atoms with Crippen molar-refractivity contribution in [1.29, 1.82) is 0 Å². The molecule has 0 radical (unpaired) electrons. The first-order chi connectivity index (χ1) is 8.19.